The van der Waals surface area contributed by atoms with Crippen molar-refractivity contribution in [1.29, 1.82) is 5.26 Å². The molecule has 0 saturated carbocycles. The van der Waals surface area contributed by atoms with Crippen molar-refractivity contribution in [1.82, 2.24) is 0 Å². The summed E-state index contributed by atoms with van der Waals surface area (Å²) in [5, 5.41) is 21.2. The van der Waals surface area contributed by atoms with Crippen LogP contribution in [0.25, 0.3) is 0 Å². The molecule has 0 radical (unpaired) electrons. The molecule has 158 valence electrons. The fourth-order valence-electron chi connectivity index (χ4n) is 4.66. The maximum Gasteiger partial charge on any atom is 0.269 e. The summed E-state index contributed by atoms with van der Waals surface area (Å²) in [6.45, 7) is 6.53. The first-order chi connectivity index (χ1) is 14.7. The summed E-state index contributed by atoms with van der Waals surface area (Å²) in [5.41, 5.74) is 12.6. The molecule has 2 aliphatic rings. The molecule has 1 aliphatic carbocycles. The van der Waals surface area contributed by atoms with Crippen LogP contribution < -0.4 is 10.6 Å². The standard InChI is InChI=1S/C25H26N4O2/c1-16-4-6-17(7-5-16)23-20-12-13-25(2,3)14-22(20)28(24(27)21(23)15-26)18-8-10-19(11-9-18)29(30)31/h4-11,23H,12-14,27H2,1-3H3/t23-/m0/s1. The molecule has 6 heteroatoms. The zero-order chi connectivity index (χ0) is 22.3. The van der Waals surface area contributed by atoms with Gasteiger partial charge in [-0.25, -0.2) is 0 Å². The molecule has 31 heavy (non-hydrogen) atoms. The number of benzene rings is 2. The quantitative estimate of drug-likeness (QED) is 0.516. The van der Waals surface area contributed by atoms with Gasteiger partial charge in [-0.2, -0.15) is 5.26 Å². The van der Waals surface area contributed by atoms with Gasteiger partial charge in [-0.05, 0) is 54.9 Å². The van der Waals surface area contributed by atoms with E-state index in [4.69, 9.17) is 5.73 Å². The van der Waals surface area contributed by atoms with E-state index in [9.17, 15) is 15.4 Å². The molecule has 0 aromatic heterocycles. The third-order valence-electron chi connectivity index (χ3n) is 6.36. The maximum absolute atomic E-state index is 11.1. The lowest BCUT2D eigenvalue weighted by atomic mass is 9.69. The molecule has 0 bridgehead atoms. The predicted octanol–water partition coefficient (Wildman–Crippen LogP) is 5.67. The minimum Gasteiger partial charge on any atom is -0.384 e. The average Bonchev–Trinajstić information content (AvgIpc) is 2.73. The number of nitrogens with two attached hydrogens (primary N) is 1. The number of non-ortho nitro benzene ring substituents is 1. The first kappa shape index (κ1) is 20.7. The first-order valence-electron chi connectivity index (χ1n) is 10.4. The van der Waals surface area contributed by atoms with Gasteiger partial charge in [0.2, 0.25) is 0 Å². The number of allylic oxidation sites excluding steroid dienone is 3. The van der Waals surface area contributed by atoms with Crippen LogP contribution in [0.1, 0.15) is 50.2 Å². The molecule has 0 amide bonds. The van der Waals surface area contributed by atoms with Gasteiger partial charge in [0.1, 0.15) is 5.82 Å². The molecular formula is C25H26N4O2. The van der Waals surface area contributed by atoms with E-state index >= 15 is 0 Å². The van der Waals surface area contributed by atoms with Crippen LogP contribution in [0.4, 0.5) is 11.4 Å². The molecular weight excluding hydrogens is 388 g/mol. The second-order valence-electron chi connectivity index (χ2n) is 9.18. The Kier molecular flexibility index (Phi) is 5.06. The second-order valence-corrected chi connectivity index (χ2v) is 9.18. The largest absolute Gasteiger partial charge is 0.384 e. The van der Waals surface area contributed by atoms with E-state index in [2.05, 4.69) is 44.2 Å². The van der Waals surface area contributed by atoms with Crippen LogP contribution in [0.3, 0.4) is 0 Å². The van der Waals surface area contributed by atoms with Crippen molar-refractivity contribution in [3.05, 3.63) is 92.4 Å². The Morgan fingerprint density at radius 3 is 2.39 bits per heavy atom. The second kappa shape index (κ2) is 7.59. The number of nitro groups is 1. The lowest BCUT2D eigenvalue weighted by Crippen LogP contribution is -2.39. The van der Waals surface area contributed by atoms with Crippen molar-refractivity contribution < 1.29 is 4.92 Å². The van der Waals surface area contributed by atoms with Gasteiger partial charge >= 0.3 is 0 Å². The van der Waals surface area contributed by atoms with Crippen molar-refractivity contribution in [2.45, 2.75) is 46.0 Å². The van der Waals surface area contributed by atoms with Gasteiger partial charge in [0.15, 0.2) is 0 Å². The van der Waals surface area contributed by atoms with E-state index in [1.54, 1.807) is 12.1 Å². The Morgan fingerprint density at radius 2 is 1.81 bits per heavy atom. The van der Waals surface area contributed by atoms with Crippen molar-refractivity contribution in [3.8, 4) is 6.07 Å². The Bertz CT molecular complexity index is 1140. The van der Waals surface area contributed by atoms with Gasteiger partial charge in [-0.3, -0.25) is 15.0 Å². The van der Waals surface area contributed by atoms with Gasteiger partial charge in [0.05, 0.1) is 16.6 Å². The van der Waals surface area contributed by atoms with Crippen molar-refractivity contribution in [3.63, 3.8) is 0 Å². The van der Waals surface area contributed by atoms with Crippen LogP contribution in [0.15, 0.2) is 71.2 Å². The molecule has 1 atom stereocenters. The highest BCUT2D eigenvalue weighted by atomic mass is 16.6. The zero-order valence-corrected chi connectivity index (χ0v) is 18.1. The number of nitriles is 1. The van der Waals surface area contributed by atoms with Crippen molar-refractivity contribution in [2.24, 2.45) is 11.1 Å². The number of nitrogens with zero attached hydrogens (tertiary/aromatic N) is 3. The van der Waals surface area contributed by atoms with Gasteiger partial charge < -0.3 is 5.73 Å². The summed E-state index contributed by atoms with van der Waals surface area (Å²) < 4.78 is 0. The van der Waals surface area contributed by atoms with Gasteiger partial charge in [-0.15, -0.1) is 0 Å². The molecule has 1 heterocycles. The number of hydrogen-bond acceptors (Lipinski definition) is 5. The number of aryl methyl sites for hydroxylation is 1. The lowest BCUT2D eigenvalue weighted by Gasteiger charge is -2.44. The molecule has 4 rings (SSSR count). The van der Waals surface area contributed by atoms with Crippen LogP contribution in [-0.2, 0) is 0 Å². The Hall–Kier alpha value is -3.59. The van der Waals surface area contributed by atoms with Crippen LogP contribution in [0.2, 0.25) is 0 Å². The van der Waals surface area contributed by atoms with E-state index in [-0.39, 0.29) is 17.0 Å². The Balaban J connectivity index is 1.90. The number of nitro benzene ring substituents is 1. The Morgan fingerprint density at radius 1 is 1.16 bits per heavy atom. The number of anilines is 1. The van der Waals surface area contributed by atoms with Crippen LogP contribution in [-0.4, -0.2) is 4.92 Å². The third-order valence-corrected chi connectivity index (χ3v) is 6.36. The summed E-state index contributed by atoms with van der Waals surface area (Å²) in [4.78, 5) is 12.6. The molecule has 2 aromatic carbocycles. The highest BCUT2D eigenvalue weighted by Gasteiger charge is 2.40. The molecule has 1 aliphatic heterocycles. The average molecular weight is 415 g/mol. The van der Waals surface area contributed by atoms with E-state index in [0.717, 1.165) is 36.2 Å². The van der Waals surface area contributed by atoms with Crippen molar-refractivity contribution in [2.75, 3.05) is 4.90 Å². The Labute approximate surface area is 182 Å². The van der Waals surface area contributed by atoms with E-state index in [0.29, 0.717) is 11.4 Å². The van der Waals surface area contributed by atoms with Crippen LogP contribution in [0, 0.1) is 33.8 Å². The minimum absolute atomic E-state index is 0.0273. The summed E-state index contributed by atoms with van der Waals surface area (Å²) in [6, 6.07) is 17.0. The van der Waals surface area contributed by atoms with Gasteiger partial charge in [0, 0.05) is 29.4 Å². The number of hydrogen-bond donors (Lipinski definition) is 1. The third kappa shape index (κ3) is 3.68. The maximum atomic E-state index is 11.1. The fraction of sp³-hybridized carbons (Fsp3) is 0.320. The van der Waals surface area contributed by atoms with E-state index < -0.39 is 4.92 Å². The molecule has 2 aromatic rings. The summed E-state index contributed by atoms with van der Waals surface area (Å²) in [5.74, 6) is 0.240. The highest BCUT2D eigenvalue weighted by Crippen LogP contribution is 2.51. The van der Waals surface area contributed by atoms with E-state index in [1.807, 2.05) is 11.8 Å². The smallest absolute Gasteiger partial charge is 0.269 e. The lowest BCUT2D eigenvalue weighted by molar-refractivity contribution is -0.384. The monoisotopic (exact) mass is 414 g/mol. The molecule has 0 spiro atoms. The first-order valence-corrected chi connectivity index (χ1v) is 10.4. The summed E-state index contributed by atoms with van der Waals surface area (Å²) in [7, 11) is 0. The summed E-state index contributed by atoms with van der Waals surface area (Å²) in [6.07, 6.45) is 2.73. The molecule has 2 N–H and O–H groups in total. The molecule has 0 fully saturated rings. The molecule has 6 nitrogen and oxygen atoms in total. The van der Waals surface area contributed by atoms with Crippen molar-refractivity contribution >= 4 is 11.4 Å². The zero-order valence-electron chi connectivity index (χ0n) is 18.1. The fourth-order valence-corrected chi connectivity index (χ4v) is 4.66. The topological polar surface area (TPSA) is 96.2 Å². The van der Waals surface area contributed by atoms with Gasteiger partial charge in [0.25, 0.3) is 5.69 Å². The van der Waals surface area contributed by atoms with Crippen LogP contribution in [0.5, 0.6) is 0 Å². The van der Waals surface area contributed by atoms with Crippen LogP contribution >= 0.6 is 0 Å². The SMILES string of the molecule is Cc1ccc([C@@H]2C(C#N)=C(N)N(c3ccc([N+](=O)[O-])cc3)C3=C2CCC(C)(C)C3)cc1. The van der Waals surface area contributed by atoms with E-state index in [1.165, 1.54) is 23.3 Å². The highest BCUT2D eigenvalue weighted by molar-refractivity contribution is 5.67. The predicted molar refractivity (Wildman–Crippen MR) is 121 cm³/mol. The minimum atomic E-state index is -0.415. The number of rotatable bonds is 3. The summed E-state index contributed by atoms with van der Waals surface area (Å²) >= 11 is 0. The molecule has 0 saturated heterocycles. The van der Waals surface area contributed by atoms with Gasteiger partial charge in [-0.1, -0.05) is 43.7 Å². The normalized spacial score (nSPS) is 20.3. The molecule has 0 unspecified atom stereocenters.